The van der Waals surface area contributed by atoms with Gasteiger partial charge in [0.2, 0.25) is 0 Å². The van der Waals surface area contributed by atoms with E-state index >= 15 is 0 Å². The minimum absolute atomic E-state index is 0.0685. The zero-order valence-electron chi connectivity index (χ0n) is 11.8. The van der Waals surface area contributed by atoms with Crippen molar-refractivity contribution in [2.75, 3.05) is 5.32 Å². The number of aromatic nitrogens is 1. The first-order valence-electron chi connectivity index (χ1n) is 6.72. The number of anilines is 1. The molecular formula is C16H16N2O3. The van der Waals surface area contributed by atoms with E-state index < -0.39 is 5.76 Å². The van der Waals surface area contributed by atoms with Crippen LogP contribution in [0, 0.1) is 6.92 Å². The van der Waals surface area contributed by atoms with Crippen LogP contribution < -0.4 is 11.1 Å². The fourth-order valence-corrected chi connectivity index (χ4v) is 2.39. The predicted octanol–water partition coefficient (Wildman–Crippen LogP) is 3.31. The molecule has 1 atom stereocenters. The number of phenols is 1. The molecule has 0 spiro atoms. The predicted molar refractivity (Wildman–Crippen MR) is 81.7 cm³/mol. The van der Waals surface area contributed by atoms with Crippen LogP contribution in [0.5, 0.6) is 5.75 Å². The van der Waals surface area contributed by atoms with Gasteiger partial charge in [0.25, 0.3) is 0 Å². The maximum atomic E-state index is 11.2. The third-order valence-electron chi connectivity index (χ3n) is 3.45. The first kappa shape index (κ1) is 13.3. The highest BCUT2D eigenvalue weighted by Gasteiger charge is 2.11. The molecule has 1 aromatic heterocycles. The normalized spacial score (nSPS) is 12.5. The Hall–Kier alpha value is -2.69. The number of hydrogen-bond donors (Lipinski definition) is 3. The lowest BCUT2D eigenvalue weighted by atomic mass is 10.0. The molecule has 2 aromatic carbocycles. The second-order valence-corrected chi connectivity index (χ2v) is 5.15. The van der Waals surface area contributed by atoms with Crippen LogP contribution in [-0.4, -0.2) is 10.1 Å². The third kappa shape index (κ3) is 2.63. The molecule has 3 rings (SSSR count). The summed E-state index contributed by atoms with van der Waals surface area (Å²) in [6.07, 6.45) is 0. The van der Waals surface area contributed by atoms with Crippen molar-refractivity contribution in [3.8, 4) is 5.75 Å². The van der Waals surface area contributed by atoms with Crippen molar-refractivity contribution in [3.05, 3.63) is 58.1 Å². The Labute approximate surface area is 121 Å². The maximum Gasteiger partial charge on any atom is 0.417 e. The Balaban J connectivity index is 1.90. The van der Waals surface area contributed by atoms with Gasteiger partial charge in [-0.15, -0.1) is 0 Å². The van der Waals surface area contributed by atoms with E-state index in [1.54, 1.807) is 12.1 Å². The molecule has 21 heavy (non-hydrogen) atoms. The quantitative estimate of drug-likeness (QED) is 0.689. The fraction of sp³-hybridized carbons (Fsp3) is 0.188. The third-order valence-corrected chi connectivity index (χ3v) is 3.45. The number of hydrogen-bond acceptors (Lipinski definition) is 4. The summed E-state index contributed by atoms with van der Waals surface area (Å²) in [5.74, 6) is -0.204. The van der Waals surface area contributed by atoms with Crippen molar-refractivity contribution < 1.29 is 9.52 Å². The van der Waals surface area contributed by atoms with Crippen LogP contribution in [0.15, 0.2) is 45.6 Å². The zero-order valence-corrected chi connectivity index (χ0v) is 11.8. The Morgan fingerprint density at radius 3 is 2.86 bits per heavy atom. The Morgan fingerprint density at radius 2 is 2.05 bits per heavy atom. The largest absolute Gasteiger partial charge is 0.508 e. The van der Waals surface area contributed by atoms with E-state index in [-0.39, 0.29) is 11.8 Å². The van der Waals surface area contributed by atoms with Gasteiger partial charge in [0.15, 0.2) is 5.58 Å². The summed E-state index contributed by atoms with van der Waals surface area (Å²) >= 11 is 0. The van der Waals surface area contributed by atoms with Crippen LogP contribution in [0.2, 0.25) is 0 Å². The topological polar surface area (TPSA) is 78.3 Å². The maximum absolute atomic E-state index is 11.2. The van der Waals surface area contributed by atoms with Crippen molar-refractivity contribution in [2.24, 2.45) is 0 Å². The Bertz CT molecular complexity index is 848. The summed E-state index contributed by atoms with van der Waals surface area (Å²) in [6.45, 7) is 3.95. The van der Waals surface area contributed by atoms with Crippen molar-refractivity contribution in [3.63, 3.8) is 0 Å². The summed E-state index contributed by atoms with van der Waals surface area (Å²) < 4.78 is 4.97. The van der Waals surface area contributed by atoms with E-state index in [4.69, 9.17) is 4.42 Å². The van der Waals surface area contributed by atoms with Gasteiger partial charge in [0, 0.05) is 11.3 Å². The Kier molecular flexibility index (Phi) is 3.17. The lowest BCUT2D eigenvalue weighted by molar-refractivity contribution is 0.465. The van der Waals surface area contributed by atoms with Crippen molar-refractivity contribution >= 4 is 16.8 Å². The number of phenolic OH excluding ortho intramolecular Hbond substituents is 1. The molecule has 0 radical (unpaired) electrons. The number of oxazole rings is 1. The molecule has 0 aliphatic heterocycles. The Morgan fingerprint density at radius 1 is 1.24 bits per heavy atom. The summed E-state index contributed by atoms with van der Waals surface area (Å²) in [5.41, 5.74) is 3.93. The van der Waals surface area contributed by atoms with Gasteiger partial charge >= 0.3 is 5.76 Å². The van der Waals surface area contributed by atoms with Crippen LogP contribution in [0.3, 0.4) is 0 Å². The molecule has 5 heteroatoms. The van der Waals surface area contributed by atoms with Gasteiger partial charge in [-0.25, -0.2) is 4.79 Å². The number of rotatable bonds is 3. The number of aromatic amines is 1. The van der Waals surface area contributed by atoms with Gasteiger partial charge in [-0.2, -0.15) is 0 Å². The van der Waals surface area contributed by atoms with Crippen LogP contribution in [-0.2, 0) is 0 Å². The van der Waals surface area contributed by atoms with Crippen LogP contribution >= 0.6 is 0 Å². The molecule has 3 N–H and O–H groups in total. The molecule has 0 saturated heterocycles. The van der Waals surface area contributed by atoms with Gasteiger partial charge in [0.1, 0.15) is 5.75 Å². The number of aromatic hydroxyl groups is 1. The molecule has 5 nitrogen and oxygen atoms in total. The molecule has 0 bridgehead atoms. The van der Waals surface area contributed by atoms with Gasteiger partial charge < -0.3 is 14.8 Å². The first-order valence-corrected chi connectivity index (χ1v) is 6.72. The minimum atomic E-state index is -0.466. The van der Waals surface area contributed by atoms with Gasteiger partial charge in [0.05, 0.1) is 11.6 Å². The van der Waals surface area contributed by atoms with E-state index in [0.29, 0.717) is 11.1 Å². The number of H-pyrrole nitrogens is 1. The molecule has 3 aromatic rings. The van der Waals surface area contributed by atoms with Crippen LogP contribution in [0.4, 0.5) is 5.69 Å². The highest BCUT2D eigenvalue weighted by Crippen LogP contribution is 2.28. The molecule has 1 heterocycles. The van der Waals surface area contributed by atoms with E-state index in [0.717, 1.165) is 16.8 Å². The number of nitrogens with one attached hydrogen (secondary N) is 2. The van der Waals surface area contributed by atoms with Crippen LogP contribution in [0.25, 0.3) is 11.1 Å². The van der Waals surface area contributed by atoms with Crippen LogP contribution in [0.1, 0.15) is 24.1 Å². The lowest BCUT2D eigenvalue weighted by Gasteiger charge is -2.17. The summed E-state index contributed by atoms with van der Waals surface area (Å²) in [7, 11) is 0. The molecule has 0 aliphatic carbocycles. The summed E-state index contributed by atoms with van der Waals surface area (Å²) in [6, 6.07) is 10.8. The second-order valence-electron chi connectivity index (χ2n) is 5.15. The van der Waals surface area contributed by atoms with Crippen molar-refractivity contribution in [1.29, 1.82) is 0 Å². The molecule has 1 unspecified atom stereocenters. The van der Waals surface area contributed by atoms with E-state index in [2.05, 4.69) is 10.3 Å². The molecule has 108 valence electrons. The fourth-order valence-electron chi connectivity index (χ4n) is 2.39. The molecule has 0 saturated carbocycles. The summed E-state index contributed by atoms with van der Waals surface area (Å²) in [4.78, 5) is 13.8. The molecule has 0 aliphatic rings. The lowest BCUT2D eigenvalue weighted by Crippen LogP contribution is -2.07. The molecule has 0 fully saturated rings. The van der Waals surface area contributed by atoms with E-state index in [1.807, 2.05) is 38.1 Å². The van der Waals surface area contributed by atoms with E-state index in [1.165, 1.54) is 0 Å². The second kappa shape index (κ2) is 5.01. The van der Waals surface area contributed by atoms with Gasteiger partial charge in [-0.3, -0.25) is 4.98 Å². The average molecular weight is 284 g/mol. The minimum Gasteiger partial charge on any atom is -0.508 e. The van der Waals surface area contributed by atoms with E-state index in [9.17, 15) is 9.90 Å². The number of fused-ring (bicyclic) bond motifs is 1. The van der Waals surface area contributed by atoms with Crippen molar-refractivity contribution in [1.82, 2.24) is 4.98 Å². The SMILES string of the molecule is Cc1ccc(O)c(C(C)Nc2ccc3oc(=O)[nH]c3c2)c1. The highest BCUT2D eigenvalue weighted by atomic mass is 16.4. The highest BCUT2D eigenvalue weighted by molar-refractivity contribution is 5.77. The first-order chi connectivity index (χ1) is 10.0. The van der Waals surface area contributed by atoms with Gasteiger partial charge in [-0.1, -0.05) is 17.7 Å². The van der Waals surface area contributed by atoms with Crippen molar-refractivity contribution in [2.45, 2.75) is 19.9 Å². The average Bonchev–Trinajstić information content (AvgIpc) is 2.80. The monoisotopic (exact) mass is 284 g/mol. The standard InChI is InChI=1S/C16H16N2O3/c1-9-3-5-14(19)12(7-9)10(2)17-11-4-6-15-13(8-11)18-16(20)21-15/h3-8,10,17,19H,1-2H3,(H,18,20). The smallest absolute Gasteiger partial charge is 0.417 e. The van der Waals surface area contributed by atoms with Gasteiger partial charge in [-0.05, 0) is 38.1 Å². The summed E-state index contributed by atoms with van der Waals surface area (Å²) in [5, 5.41) is 13.3. The number of benzene rings is 2. The number of aryl methyl sites for hydroxylation is 1. The molecule has 0 amide bonds. The zero-order chi connectivity index (χ0) is 15.0. The molecular weight excluding hydrogens is 268 g/mol.